The molecule has 0 amide bonds. The predicted molar refractivity (Wildman–Crippen MR) is 67.5 cm³/mol. The van der Waals surface area contributed by atoms with Gasteiger partial charge in [-0.05, 0) is 39.2 Å². The molecule has 3 heterocycles. The molecule has 4 heteroatoms. The van der Waals surface area contributed by atoms with Crippen LogP contribution in [0.1, 0.15) is 39.0 Å². The lowest BCUT2D eigenvalue weighted by atomic mass is 9.77. The molecule has 0 radical (unpaired) electrons. The Balaban J connectivity index is 1.70. The third-order valence-corrected chi connectivity index (χ3v) is 4.84. The van der Waals surface area contributed by atoms with Crippen molar-refractivity contribution in [2.45, 2.75) is 50.2 Å². The lowest BCUT2D eigenvalue weighted by Crippen LogP contribution is -2.51. The highest BCUT2D eigenvalue weighted by molar-refractivity contribution is 5.90. The molecule has 0 aromatic rings. The molecule has 0 aromatic carbocycles. The molecule has 0 saturated carbocycles. The van der Waals surface area contributed by atoms with Crippen LogP contribution in [0.15, 0.2) is 0 Å². The molecular weight excluding hydrogens is 230 g/mol. The number of carbonyl (C=O) groups is 1. The minimum absolute atomic E-state index is 0.149. The molecule has 18 heavy (non-hydrogen) atoms. The van der Waals surface area contributed by atoms with Crippen LogP contribution in [-0.2, 0) is 14.3 Å². The monoisotopic (exact) mass is 253 g/mol. The SMILES string of the molecule is CC1(C(=O)C2CCOC3(CCOC3)C2)CCCN1. The van der Waals surface area contributed by atoms with Crippen LogP contribution in [-0.4, -0.2) is 43.3 Å². The van der Waals surface area contributed by atoms with Gasteiger partial charge in [-0.1, -0.05) is 0 Å². The number of rotatable bonds is 2. The van der Waals surface area contributed by atoms with E-state index in [4.69, 9.17) is 9.47 Å². The second-order valence-electron chi connectivity index (χ2n) is 6.25. The first-order chi connectivity index (χ1) is 8.64. The van der Waals surface area contributed by atoms with Gasteiger partial charge < -0.3 is 14.8 Å². The van der Waals surface area contributed by atoms with Crippen molar-refractivity contribution in [3.05, 3.63) is 0 Å². The van der Waals surface area contributed by atoms with Gasteiger partial charge in [-0.25, -0.2) is 0 Å². The second-order valence-corrected chi connectivity index (χ2v) is 6.25. The molecule has 102 valence electrons. The molecule has 3 unspecified atom stereocenters. The Morgan fingerprint density at radius 3 is 2.89 bits per heavy atom. The maximum atomic E-state index is 12.7. The number of carbonyl (C=O) groups excluding carboxylic acids is 1. The first-order valence-corrected chi connectivity index (χ1v) is 7.15. The molecular formula is C14H23NO3. The summed E-state index contributed by atoms with van der Waals surface area (Å²) in [7, 11) is 0. The van der Waals surface area contributed by atoms with E-state index in [1.807, 2.05) is 0 Å². The number of ether oxygens (including phenoxy) is 2. The Morgan fingerprint density at radius 2 is 2.22 bits per heavy atom. The smallest absolute Gasteiger partial charge is 0.155 e. The molecule has 3 fully saturated rings. The average Bonchev–Trinajstić information content (AvgIpc) is 2.99. The Labute approximate surface area is 108 Å². The summed E-state index contributed by atoms with van der Waals surface area (Å²) in [6, 6.07) is 0. The molecule has 4 nitrogen and oxygen atoms in total. The molecule has 1 N–H and O–H groups in total. The number of Topliss-reactive ketones (excluding diaryl/α,β-unsaturated/α-hetero) is 1. The Kier molecular flexibility index (Phi) is 3.20. The predicted octanol–water partition coefficient (Wildman–Crippen LogP) is 1.28. The number of hydrogen-bond donors (Lipinski definition) is 1. The third-order valence-electron chi connectivity index (χ3n) is 4.84. The highest BCUT2D eigenvalue weighted by Gasteiger charge is 2.47. The standard InChI is InChI=1S/C14H23NO3/c1-13(4-2-6-15-13)12(16)11-3-7-18-14(9-11)5-8-17-10-14/h11,15H,2-10H2,1H3. The van der Waals surface area contributed by atoms with Gasteiger partial charge in [0, 0.05) is 25.6 Å². The zero-order valence-corrected chi connectivity index (χ0v) is 11.2. The van der Waals surface area contributed by atoms with Crippen molar-refractivity contribution in [3.8, 4) is 0 Å². The van der Waals surface area contributed by atoms with Crippen molar-refractivity contribution < 1.29 is 14.3 Å². The fraction of sp³-hybridized carbons (Fsp3) is 0.929. The first kappa shape index (κ1) is 12.6. The van der Waals surface area contributed by atoms with Crippen LogP contribution in [0.2, 0.25) is 0 Å². The van der Waals surface area contributed by atoms with Crippen LogP contribution in [0.25, 0.3) is 0 Å². The van der Waals surface area contributed by atoms with E-state index in [9.17, 15) is 4.79 Å². The number of hydrogen-bond acceptors (Lipinski definition) is 4. The van der Waals surface area contributed by atoms with Gasteiger partial charge >= 0.3 is 0 Å². The Bertz CT molecular complexity index is 330. The van der Waals surface area contributed by atoms with Gasteiger partial charge in [0.15, 0.2) is 5.78 Å². The molecule has 3 aliphatic rings. The van der Waals surface area contributed by atoms with E-state index in [2.05, 4.69) is 12.2 Å². The number of ketones is 1. The Morgan fingerprint density at radius 1 is 1.33 bits per heavy atom. The molecule has 3 rings (SSSR count). The minimum Gasteiger partial charge on any atom is -0.378 e. The molecule has 3 atom stereocenters. The zero-order chi connectivity index (χ0) is 12.6. The van der Waals surface area contributed by atoms with Crippen LogP contribution in [0.5, 0.6) is 0 Å². The van der Waals surface area contributed by atoms with Crippen LogP contribution >= 0.6 is 0 Å². The van der Waals surface area contributed by atoms with E-state index < -0.39 is 0 Å². The zero-order valence-electron chi connectivity index (χ0n) is 11.2. The Hall–Kier alpha value is -0.450. The molecule has 0 bridgehead atoms. The van der Waals surface area contributed by atoms with E-state index in [1.165, 1.54) is 0 Å². The summed E-state index contributed by atoms with van der Waals surface area (Å²) in [6.07, 6.45) is 4.76. The minimum atomic E-state index is -0.289. The fourth-order valence-corrected chi connectivity index (χ4v) is 3.67. The van der Waals surface area contributed by atoms with Crippen molar-refractivity contribution in [2.24, 2.45) is 5.92 Å². The summed E-state index contributed by atoms with van der Waals surface area (Å²) in [5, 5.41) is 3.39. The van der Waals surface area contributed by atoms with Gasteiger partial charge in [-0.15, -0.1) is 0 Å². The fourth-order valence-electron chi connectivity index (χ4n) is 3.67. The molecule has 0 aliphatic carbocycles. The lowest BCUT2D eigenvalue weighted by Gasteiger charge is -2.39. The van der Waals surface area contributed by atoms with Crippen LogP contribution in [0.3, 0.4) is 0 Å². The first-order valence-electron chi connectivity index (χ1n) is 7.15. The van der Waals surface area contributed by atoms with E-state index in [1.54, 1.807) is 0 Å². The maximum Gasteiger partial charge on any atom is 0.155 e. The summed E-state index contributed by atoms with van der Waals surface area (Å²) in [6.45, 7) is 5.18. The maximum absolute atomic E-state index is 12.7. The third kappa shape index (κ3) is 2.10. The molecule has 3 aliphatic heterocycles. The highest BCUT2D eigenvalue weighted by atomic mass is 16.6. The van der Waals surface area contributed by atoms with Crippen molar-refractivity contribution in [3.63, 3.8) is 0 Å². The van der Waals surface area contributed by atoms with E-state index in [0.717, 1.165) is 45.3 Å². The van der Waals surface area contributed by atoms with Gasteiger partial charge in [0.2, 0.25) is 0 Å². The van der Waals surface area contributed by atoms with Crippen molar-refractivity contribution in [1.29, 1.82) is 0 Å². The normalized spacial score (nSPS) is 44.6. The molecule has 1 spiro atoms. The summed E-state index contributed by atoms with van der Waals surface area (Å²) in [5.74, 6) is 0.547. The van der Waals surface area contributed by atoms with Crippen LogP contribution in [0, 0.1) is 5.92 Å². The summed E-state index contributed by atoms with van der Waals surface area (Å²) in [4.78, 5) is 12.7. The number of nitrogens with one attached hydrogen (secondary N) is 1. The second kappa shape index (κ2) is 4.58. The van der Waals surface area contributed by atoms with Gasteiger partial charge in [-0.2, -0.15) is 0 Å². The summed E-state index contributed by atoms with van der Waals surface area (Å²) >= 11 is 0. The summed E-state index contributed by atoms with van der Waals surface area (Å²) < 4.78 is 11.4. The molecule has 3 saturated heterocycles. The van der Waals surface area contributed by atoms with Crippen LogP contribution < -0.4 is 5.32 Å². The van der Waals surface area contributed by atoms with Gasteiger partial charge in [0.25, 0.3) is 0 Å². The molecule has 0 aromatic heterocycles. The van der Waals surface area contributed by atoms with Crippen molar-refractivity contribution >= 4 is 5.78 Å². The van der Waals surface area contributed by atoms with E-state index in [-0.39, 0.29) is 17.1 Å². The highest BCUT2D eigenvalue weighted by Crippen LogP contribution is 2.38. The topological polar surface area (TPSA) is 47.6 Å². The van der Waals surface area contributed by atoms with Crippen LogP contribution in [0.4, 0.5) is 0 Å². The van der Waals surface area contributed by atoms with E-state index in [0.29, 0.717) is 19.0 Å². The van der Waals surface area contributed by atoms with Crippen molar-refractivity contribution in [1.82, 2.24) is 5.32 Å². The van der Waals surface area contributed by atoms with Gasteiger partial charge in [0.1, 0.15) is 0 Å². The van der Waals surface area contributed by atoms with Gasteiger partial charge in [-0.3, -0.25) is 4.79 Å². The van der Waals surface area contributed by atoms with Crippen molar-refractivity contribution in [2.75, 3.05) is 26.4 Å². The lowest BCUT2D eigenvalue weighted by molar-refractivity contribution is -0.142. The average molecular weight is 253 g/mol. The van der Waals surface area contributed by atoms with E-state index >= 15 is 0 Å². The summed E-state index contributed by atoms with van der Waals surface area (Å²) in [5.41, 5.74) is -0.448. The largest absolute Gasteiger partial charge is 0.378 e. The quantitative estimate of drug-likeness (QED) is 0.805. The van der Waals surface area contributed by atoms with Gasteiger partial charge in [0.05, 0.1) is 17.7 Å².